The van der Waals surface area contributed by atoms with Crippen molar-refractivity contribution in [2.24, 2.45) is 0 Å². The van der Waals surface area contributed by atoms with Crippen LogP contribution in [0.5, 0.6) is 0 Å². The Bertz CT molecular complexity index is 924. The van der Waals surface area contributed by atoms with E-state index in [0.29, 0.717) is 38.9 Å². The van der Waals surface area contributed by atoms with Crippen LogP contribution in [0, 0.1) is 6.92 Å². The van der Waals surface area contributed by atoms with E-state index in [2.05, 4.69) is 16.0 Å². The van der Waals surface area contributed by atoms with Gasteiger partial charge in [0.05, 0.1) is 0 Å². The Labute approximate surface area is 189 Å². The van der Waals surface area contributed by atoms with Crippen molar-refractivity contribution in [1.82, 2.24) is 20.9 Å². The summed E-state index contributed by atoms with van der Waals surface area (Å²) in [6, 6.07) is 16.9. The molecule has 3 rings (SSSR count). The van der Waals surface area contributed by atoms with Gasteiger partial charge in [-0.2, -0.15) is 0 Å². The second-order valence-corrected chi connectivity index (χ2v) is 8.30. The molecule has 0 bridgehead atoms. The van der Waals surface area contributed by atoms with E-state index in [1.807, 2.05) is 61.5 Å². The molecule has 32 heavy (non-hydrogen) atoms. The zero-order valence-corrected chi connectivity index (χ0v) is 18.8. The zero-order valence-electron chi connectivity index (χ0n) is 18.8. The van der Waals surface area contributed by atoms with Crippen molar-refractivity contribution in [2.45, 2.75) is 51.7 Å². The van der Waals surface area contributed by atoms with Gasteiger partial charge in [-0.3, -0.25) is 9.59 Å². The Balaban J connectivity index is 1.48. The van der Waals surface area contributed by atoms with Crippen molar-refractivity contribution in [3.05, 3.63) is 71.3 Å². The number of carbonyl (C=O) groups is 3. The molecule has 0 radical (unpaired) electrons. The van der Waals surface area contributed by atoms with E-state index in [1.165, 1.54) is 6.92 Å². The number of urea groups is 1. The lowest BCUT2D eigenvalue weighted by Crippen LogP contribution is -2.54. The first-order valence-electron chi connectivity index (χ1n) is 11.1. The highest BCUT2D eigenvalue weighted by Gasteiger charge is 2.27. The number of likely N-dealkylation sites (tertiary alicyclic amines) is 1. The van der Waals surface area contributed by atoms with E-state index in [9.17, 15) is 14.4 Å². The third-order valence-corrected chi connectivity index (χ3v) is 5.79. The van der Waals surface area contributed by atoms with Crippen LogP contribution in [0.1, 0.15) is 36.5 Å². The first-order valence-corrected chi connectivity index (χ1v) is 11.1. The van der Waals surface area contributed by atoms with Gasteiger partial charge in [-0.05, 0) is 36.5 Å². The number of hydrogen-bond acceptors (Lipinski definition) is 3. The Morgan fingerprint density at radius 3 is 2.31 bits per heavy atom. The molecule has 0 aliphatic carbocycles. The topological polar surface area (TPSA) is 90.5 Å². The Morgan fingerprint density at radius 1 is 1.00 bits per heavy atom. The number of nitrogens with one attached hydrogen (secondary N) is 3. The lowest BCUT2D eigenvalue weighted by molar-refractivity contribution is -0.128. The van der Waals surface area contributed by atoms with Crippen molar-refractivity contribution < 1.29 is 14.4 Å². The molecule has 1 atom stereocenters. The summed E-state index contributed by atoms with van der Waals surface area (Å²) in [5, 5.41) is 8.80. The SMILES string of the molecule is CC(=O)N[C@H](Cc1ccccc1C)C(=O)NC1CCN(C(=O)NCc2ccccc2)CC1. The Kier molecular flexibility index (Phi) is 8.25. The summed E-state index contributed by atoms with van der Waals surface area (Å²) in [6.45, 7) is 5.07. The molecule has 7 nitrogen and oxygen atoms in total. The number of carbonyl (C=O) groups excluding carboxylic acids is 3. The van der Waals surface area contributed by atoms with E-state index in [1.54, 1.807) is 4.90 Å². The highest BCUT2D eigenvalue weighted by molar-refractivity contribution is 5.87. The minimum Gasteiger partial charge on any atom is -0.351 e. The van der Waals surface area contributed by atoms with Crippen molar-refractivity contribution in [3.8, 4) is 0 Å². The maximum Gasteiger partial charge on any atom is 0.317 e. The van der Waals surface area contributed by atoms with Gasteiger partial charge in [0, 0.05) is 39.0 Å². The van der Waals surface area contributed by atoms with Crippen LogP contribution in [-0.2, 0) is 22.6 Å². The van der Waals surface area contributed by atoms with E-state index in [0.717, 1.165) is 16.7 Å². The first kappa shape index (κ1) is 23.3. The third-order valence-electron chi connectivity index (χ3n) is 5.79. The molecule has 1 heterocycles. The van der Waals surface area contributed by atoms with Crippen LogP contribution in [0.25, 0.3) is 0 Å². The molecule has 1 fully saturated rings. The maximum atomic E-state index is 12.9. The first-order chi connectivity index (χ1) is 15.4. The van der Waals surface area contributed by atoms with Crippen LogP contribution in [0.3, 0.4) is 0 Å². The second kappa shape index (κ2) is 11.3. The van der Waals surface area contributed by atoms with Gasteiger partial charge in [0.1, 0.15) is 6.04 Å². The highest BCUT2D eigenvalue weighted by Crippen LogP contribution is 2.13. The van der Waals surface area contributed by atoms with E-state index in [4.69, 9.17) is 0 Å². The summed E-state index contributed by atoms with van der Waals surface area (Å²) in [4.78, 5) is 38.8. The van der Waals surface area contributed by atoms with Gasteiger partial charge in [0.2, 0.25) is 11.8 Å². The summed E-state index contributed by atoms with van der Waals surface area (Å²) >= 11 is 0. The van der Waals surface area contributed by atoms with Crippen LogP contribution >= 0.6 is 0 Å². The molecule has 170 valence electrons. The summed E-state index contributed by atoms with van der Waals surface area (Å²) in [6.07, 6.45) is 1.81. The predicted octanol–water partition coefficient (Wildman–Crippen LogP) is 2.53. The van der Waals surface area contributed by atoms with Gasteiger partial charge in [0.15, 0.2) is 0 Å². The fraction of sp³-hybridized carbons (Fsp3) is 0.400. The molecule has 2 aromatic carbocycles. The molecule has 2 aromatic rings. The summed E-state index contributed by atoms with van der Waals surface area (Å²) in [5.74, 6) is -0.418. The average molecular weight is 437 g/mol. The molecule has 0 unspecified atom stereocenters. The van der Waals surface area contributed by atoms with Crippen LogP contribution in [-0.4, -0.2) is 47.9 Å². The second-order valence-electron chi connectivity index (χ2n) is 8.30. The number of amides is 4. The molecule has 1 aliphatic heterocycles. The van der Waals surface area contributed by atoms with E-state index >= 15 is 0 Å². The molecule has 1 saturated heterocycles. The molecule has 1 aliphatic rings. The monoisotopic (exact) mass is 436 g/mol. The van der Waals surface area contributed by atoms with Crippen LogP contribution in [0.15, 0.2) is 54.6 Å². The predicted molar refractivity (Wildman–Crippen MR) is 124 cm³/mol. The van der Waals surface area contributed by atoms with Gasteiger partial charge in [-0.25, -0.2) is 4.79 Å². The van der Waals surface area contributed by atoms with Crippen molar-refractivity contribution in [3.63, 3.8) is 0 Å². The lowest BCUT2D eigenvalue weighted by Gasteiger charge is -2.33. The summed E-state index contributed by atoms with van der Waals surface area (Å²) in [5.41, 5.74) is 3.18. The van der Waals surface area contributed by atoms with Crippen molar-refractivity contribution >= 4 is 17.8 Å². The highest BCUT2D eigenvalue weighted by atomic mass is 16.2. The smallest absolute Gasteiger partial charge is 0.317 e. The molecule has 3 N–H and O–H groups in total. The minimum atomic E-state index is -0.624. The van der Waals surface area contributed by atoms with Crippen LogP contribution in [0.4, 0.5) is 4.79 Å². The van der Waals surface area contributed by atoms with Gasteiger partial charge < -0.3 is 20.9 Å². The lowest BCUT2D eigenvalue weighted by atomic mass is 9.99. The number of nitrogens with zero attached hydrogens (tertiary/aromatic N) is 1. The van der Waals surface area contributed by atoms with Crippen molar-refractivity contribution in [2.75, 3.05) is 13.1 Å². The van der Waals surface area contributed by atoms with Gasteiger partial charge in [0.25, 0.3) is 0 Å². The minimum absolute atomic E-state index is 0.0196. The largest absolute Gasteiger partial charge is 0.351 e. The number of aryl methyl sites for hydroxylation is 1. The van der Waals surface area contributed by atoms with Gasteiger partial charge in [-0.15, -0.1) is 0 Å². The molecular weight excluding hydrogens is 404 g/mol. The fourth-order valence-corrected chi connectivity index (χ4v) is 3.93. The molecule has 4 amide bonds. The molecule has 0 aromatic heterocycles. The third kappa shape index (κ3) is 6.83. The number of hydrogen-bond donors (Lipinski definition) is 3. The molecule has 0 saturated carbocycles. The van der Waals surface area contributed by atoms with Gasteiger partial charge in [-0.1, -0.05) is 54.6 Å². The van der Waals surface area contributed by atoms with E-state index in [-0.39, 0.29) is 23.9 Å². The molecule has 0 spiro atoms. The number of benzene rings is 2. The van der Waals surface area contributed by atoms with E-state index < -0.39 is 6.04 Å². The fourth-order valence-electron chi connectivity index (χ4n) is 3.93. The number of rotatable bonds is 7. The standard InChI is InChI=1S/C25H32N4O3/c1-18-8-6-7-11-21(18)16-23(27-19(2)30)24(31)28-22-12-14-29(15-13-22)25(32)26-17-20-9-4-3-5-10-20/h3-11,22-23H,12-17H2,1-2H3,(H,26,32)(H,27,30)(H,28,31)/t23-/m1/s1. The van der Waals surface area contributed by atoms with Crippen LogP contribution < -0.4 is 16.0 Å². The normalized spacial score (nSPS) is 15.0. The maximum absolute atomic E-state index is 12.9. The Hall–Kier alpha value is -3.35. The summed E-state index contributed by atoms with van der Waals surface area (Å²) in [7, 11) is 0. The Morgan fingerprint density at radius 2 is 1.66 bits per heavy atom. The van der Waals surface area contributed by atoms with Crippen molar-refractivity contribution in [1.29, 1.82) is 0 Å². The quantitative estimate of drug-likeness (QED) is 0.623. The molecular formula is C25H32N4O3. The summed E-state index contributed by atoms with van der Waals surface area (Å²) < 4.78 is 0. The van der Waals surface area contributed by atoms with Crippen LogP contribution in [0.2, 0.25) is 0 Å². The molecule has 7 heteroatoms. The average Bonchev–Trinajstić information content (AvgIpc) is 2.79. The number of piperidine rings is 1. The van der Waals surface area contributed by atoms with Gasteiger partial charge >= 0.3 is 6.03 Å². The zero-order chi connectivity index (χ0) is 22.9.